The van der Waals surface area contributed by atoms with Crippen LogP contribution in [0, 0.1) is 18.8 Å². The van der Waals surface area contributed by atoms with Gasteiger partial charge in [0, 0.05) is 24.6 Å². The number of nitrogens with two attached hydrogens (primary N) is 1. The summed E-state index contributed by atoms with van der Waals surface area (Å²) in [5.41, 5.74) is 11.3. The van der Waals surface area contributed by atoms with E-state index in [1.165, 1.54) is 16.7 Å². The number of aromatic nitrogens is 1. The van der Waals surface area contributed by atoms with Crippen LogP contribution in [0.4, 0.5) is 5.82 Å². The van der Waals surface area contributed by atoms with Gasteiger partial charge >= 0.3 is 0 Å². The number of amides is 1. The summed E-state index contributed by atoms with van der Waals surface area (Å²) in [5, 5.41) is 6.31. The minimum Gasteiger partial charge on any atom is -0.384 e. The maximum atomic E-state index is 12.9. The molecule has 0 bridgehead atoms. The normalized spacial score (nSPS) is 18.1. The Labute approximate surface area is 213 Å². The van der Waals surface area contributed by atoms with Gasteiger partial charge in [-0.3, -0.25) is 9.59 Å². The molecule has 1 aliphatic heterocycles. The highest BCUT2D eigenvalue weighted by atomic mass is 16.2. The molecule has 2 aromatic carbocycles. The number of anilines is 1. The standard InChI is InChI=1S/C30H36N4O2/c1-20(30(36)33-19-26-12-13-29(31)34-21(26)2)14-28(35)27-17-25(18-32-27)16-24-10-8-23(9-11-24)15-22-6-4-3-5-7-22/h3-13,20,25,27,32H,14-19H2,1-2H3,(H2,31,34)(H,33,36)/t20-,25+,27-/m1/s1. The van der Waals surface area contributed by atoms with Crippen LogP contribution in [0.15, 0.2) is 66.7 Å². The molecule has 4 N–H and O–H groups in total. The first-order valence-electron chi connectivity index (χ1n) is 12.7. The minimum absolute atomic E-state index is 0.115. The maximum absolute atomic E-state index is 12.9. The summed E-state index contributed by atoms with van der Waals surface area (Å²) in [4.78, 5) is 29.7. The first kappa shape index (κ1) is 25.6. The fraction of sp³-hybridized carbons (Fsp3) is 0.367. The number of carbonyl (C=O) groups excluding carboxylic acids is 2. The Morgan fingerprint density at radius 3 is 2.44 bits per heavy atom. The van der Waals surface area contributed by atoms with Crippen molar-refractivity contribution in [2.45, 2.75) is 52.1 Å². The van der Waals surface area contributed by atoms with Gasteiger partial charge in [-0.25, -0.2) is 4.98 Å². The van der Waals surface area contributed by atoms with E-state index < -0.39 is 0 Å². The highest BCUT2D eigenvalue weighted by Crippen LogP contribution is 2.22. The Bertz CT molecular complexity index is 1180. The third-order valence-corrected chi connectivity index (χ3v) is 7.03. The van der Waals surface area contributed by atoms with Crippen molar-refractivity contribution in [2.24, 2.45) is 11.8 Å². The van der Waals surface area contributed by atoms with E-state index >= 15 is 0 Å². The quantitative estimate of drug-likeness (QED) is 0.404. The SMILES string of the molecule is Cc1nc(N)ccc1CNC(=O)[C@H](C)CC(=O)[C@H]1C[C@H](Cc2ccc(Cc3ccccc3)cc2)CN1. The van der Waals surface area contributed by atoms with Gasteiger partial charge in [-0.2, -0.15) is 0 Å². The fourth-order valence-electron chi connectivity index (χ4n) is 4.86. The second-order valence-electron chi connectivity index (χ2n) is 10.0. The highest BCUT2D eigenvalue weighted by molar-refractivity contribution is 5.89. The molecule has 1 aliphatic rings. The zero-order valence-corrected chi connectivity index (χ0v) is 21.2. The van der Waals surface area contributed by atoms with Crippen LogP contribution in [0.1, 0.15) is 47.7 Å². The van der Waals surface area contributed by atoms with Crippen molar-refractivity contribution in [3.8, 4) is 0 Å². The minimum atomic E-state index is -0.377. The van der Waals surface area contributed by atoms with Crippen molar-refractivity contribution in [2.75, 3.05) is 12.3 Å². The highest BCUT2D eigenvalue weighted by Gasteiger charge is 2.31. The molecule has 1 aromatic heterocycles. The number of pyridine rings is 1. The van der Waals surface area contributed by atoms with E-state index in [9.17, 15) is 9.59 Å². The smallest absolute Gasteiger partial charge is 0.223 e. The predicted octanol–water partition coefficient (Wildman–Crippen LogP) is 4.00. The van der Waals surface area contributed by atoms with E-state index in [4.69, 9.17) is 5.73 Å². The van der Waals surface area contributed by atoms with Crippen LogP contribution in [0.5, 0.6) is 0 Å². The van der Waals surface area contributed by atoms with E-state index in [1.54, 1.807) is 6.07 Å². The lowest BCUT2D eigenvalue weighted by atomic mass is 9.92. The van der Waals surface area contributed by atoms with Crippen LogP contribution >= 0.6 is 0 Å². The second kappa shape index (κ2) is 12.0. The zero-order valence-electron chi connectivity index (χ0n) is 21.2. The van der Waals surface area contributed by atoms with Crippen LogP contribution in [-0.4, -0.2) is 29.3 Å². The molecule has 0 saturated carbocycles. The number of carbonyl (C=O) groups is 2. The topological polar surface area (TPSA) is 97.1 Å². The van der Waals surface area contributed by atoms with Crippen LogP contribution in [0.2, 0.25) is 0 Å². The molecule has 0 unspecified atom stereocenters. The molecule has 1 saturated heterocycles. The van der Waals surface area contributed by atoms with Crippen LogP contribution in [0.25, 0.3) is 0 Å². The van der Waals surface area contributed by atoms with Gasteiger partial charge in [0.25, 0.3) is 0 Å². The van der Waals surface area contributed by atoms with Gasteiger partial charge in [-0.05, 0) is 67.0 Å². The number of hydrogen-bond donors (Lipinski definition) is 3. The number of nitrogens with zero attached hydrogens (tertiary/aromatic N) is 1. The zero-order chi connectivity index (χ0) is 25.5. The molecule has 1 fully saturated rings. The van der Waals surface area contributed by atoms with E-state index in [-0.39, 0.29) is 30.1 Å². The summed E-state index contributed by atoms with van der Waals surface area (Å²) < 4.78 is 0. The average molecular weight is 485 g/mol. The van der Waals surface area contributed by atoms with Crippen molar-refractivity contribution in [1.82, 2.24) is 15.6 Å². The average Bonchev–Trinajstić information content (AvgIpc) is 3.34. The largest absolute Gasteiger partial charge is 0.384 e. The monoisotopic (exact) mass is 484 g/mol. The molecule has 36 heavy (non-hydrogen) atoms. The number of hydrogen-bond acceptors (Lipinski definition) is 5. The molecule has 2 heterocycles. The van der Waals surface area contributed by atoms with E-state index in [0.29, 0.717) is 18.3 Å². The molecule has 6 nitrogen and oxygen atoms in total. The molecular weight excluding hydrogens is 448 g/mol. The number of nitrogens with one attached hydrogen (secondary N) is 2. The first-order valence-corrected chi connectivity index (χ1v) is 12.7. The molecule has 0 radical (unpaired) electrons. The number of aryl methyl sites for hydroxylation is 1. The Morgan fingerprint density at radius 1 is 1.03 bits per heavy atom. The van der Waals surface area contributed by atoms with Crippen LogP contribution in [-0.2, 0) is 29.0 Å². The van der Waals surface area contributed by atoms with Gasteiger partial charge in [0.2, 0.25) is 5.91 Å². The number of nitrogen functional groups attached to an aromatic ring is 1. The summed E-state index contributed by atoms with van der Waals surface area (Å²) >= 11 is 0. The molecule has 4 rings (SSSR count). The number of ketones is 1. The summed E-state index contributed by atoms with van der Waals surface area (Å²) in [5.74, 6) is 0.499. The third kappa shape index (κ3) is 7.01. The molecule has 0 aliphatic carbocycles. The summed E-state index contributed by atoms with van der Waals surface area (Å²) in [6, 6.07) is 22.7. The molecular formula is C30H36N4O2. The first-order chi connectivity index (χ1) is 17.4. The van der Waals surface area contributed by atoms with Crippen molar-refractivity contribution in [3.63, 3.8) is 0 Å². The van der Waals surface area contributed by atoms with Gasteiger partial charge in [0.05, 0.1) is 6.04 Å². The van der Waals surface area contributed by atoms with E-state index in [0.717, 1.165) is 37.1 Å². The van der Waals surface area contributed by atoms with Crippen molar-refractivity contribution in [1.29, 1.82) is 0 Å². The molecule has 3 atom stereocenters. The number of rotatable bonds is 10. The molecule has 6 heteroatoms. The predicted molar refractivity (Wildman–Crippen MR) is 143 cm³/mol. The van der Waals surface area contributed by atoms with Crippen molar-refractivity contribution < 1.29 is 9.59 Å². The second-order valence-corrected chi connectivity index (χ2v) is 10.0. The van der Waals surface area contributed by atoms with Crippen LogP contribution < -0.4 is 16.4 Å². The Morgan fingerprint density at radius 2 is 1.72 bits per heavy atom. The molecule has 1 amide bonds. The van der Waals surface area contributed by atoms with Gasteiger partial charge < -0.3 is 16.4 Å². The van der Waals surface area contributed by atoms with Gasteiger partial charge in [-0.15, -0.1) is 0 Å². The number of Topliss-reactive ketones (excluding diaryl/α,β-unsaturated/α-hetero) is 1. The lowest BCUT2D eigenvalue weighted by Gasteiger charge is -2.15. The lowest BCUT2D eigenvalue weighted by Crippen LogP contribution is -2.35. The Kier molecular flexibility index (Phi) is 8.49. The molecule has 0 spiro atoms. The summed E-state index contributed by atoms with van der Waals surface area (Å²) in [7, 11) is 0. The Balaban J connectivity index is 1.21. The third-order valence-electron chi connectivity index (χ3n) is 7.03. The van der Waals surface area contributed by atoms with E-state index in [1.807, 2.05) is 26.0 Å². The molecule has 3 aromatic rings. The van der Waals surface area contributed by atoms with Crippen molar-refractivity contribution in [3.05, 3.63) is 94.7 Å². The maximum Gasteiger partial charge on any atom is 0.223 e. The number of benzene rings is 2. The molecule has 188 valence electrons. The van der Waals surface area contributed by atoms with Crippen LogP contribution in [0.3, 0.4) is 0 Å². The Hall–Kier alpha value is -3.51. The summed E-state index contributed by atoms with van der Waals surface area (Å²) in [6.07, 6.45) is 2.94. The summed E-state index contributed by atoms with van der Waals surface area (Å²) in [6.45, 7) is 4.88. The van der Waals surface area contributed by atoms with E-state index in [2.05, 4.69) is 64.1 Å². The van der Waals surface area contributed by atoms with Gasteiger partial charge in [-0.1, -0.05) is 67.6 Å². The van der Waals surface area contributed by atoms with Crippen molar-refractivity contribution >= 4 is 17.5 Å². The fourth-order valence-corrected chi connectivity index (χ4v) is 4.86. The lowest BCUT2D eigenvalue weighted by molar-refractivity contribution is -0.129. The van der Waals surface area contributed by atoms with Gasteiger partial charge in [0.1, 0.15) is 5.82 Å². The van der Waals surface area contributed by atoms with Gasteiger partial charge in [0.15, 0.2) is 5.78 Å².